The van der Waals surface area contributed by atoms with Crippen LogP contribution < -0.4 is 5.73 Å². The first kappa shape index (κ1) is 17.2. The Morgan fingerprint density at radius 3 is 2.35 bits per heavy atom. The number of amides is 2. The summed E-state index contributed by atoms with van der Waals surface area (Å²) in [4.78, 5) is 24.7. The third kappa shape index (κ3) is 6.52. The van der Waals surface area contributed by atoms with E-state index in [1.165, 1.54) is 4.90 Å². The van der Waals surface area contributed by atoms with E-state index in [0.717, 1.165) is 28.2 Å². The van der Waals surface area contributed by atoms with E-state index in [9.17, 15) is 9.59 Å². The number of carbonyl (C=O) groups is 2. The highest BCUT2D eigenvalue weighted by atomic mass is 79.9. The van der Waals surface area contributed by atoms with E-state index >= 15 is 0 Å². The Labute approximate surface area is 136 Å². The Morgan fingerprint density at radius 1 is 1.15 bits per heavy atom. The van der Waals surface area contributed by atoms with E-state index in [1.54, 1.807) is 0 Å². The van der Waals surface area contributed by atoms with Crippen LogP contribution in [0, 0.1) is 0 Å². The number of primary amides is 1. The van der Waals surface area contributed by atoms with Crippen molar-refractivity contribution < 1.29 is 9.59 Å². The molecule has 1 aromatic carbocycles. The first-order valence-corrected chi connectivity index (χ1v) is 8.31. The van der Waals surface area contributed by atoms with Crippen molar-refractivity contribution in [1.82, 2.24) is 4.90 Å². The fourth-order valence-corrected chi connectivity index (χ4v) is 2.42. The first-order chi connectivity index (χ1) is 9.52. The van der Waals surface area contributed by atoms with E-state index in [4.69, 9.17) is 5.73 Å². The summed E-state index contributed by atoms with van der Waals surface area (Å²) in [6.45, 7) is 0.368. The van der Waals surface area contributed by atoms with Gasteiger partial charge in [0.05, 0.1) is 6.54 Å². The van der Waals surface area contributed by atoms with Crippen LogP contribution >= 0.6 is 31.9 Å². The number of halogens is 2. The van der Waals surface area contributed by atoms with Gasteiger partial charge in [-0.15, -0.1) is 0 Å². The van der Waals surface area contributed by atoms with Crippen molar-refractivity contribution in [2.24, 2.45) is 5.73 Å². The van der Waals surface area contributed by atoms with Crippen molar-refractivity contribution in [3.8, 4) is 0 Å². The molecule has 2 amide bonds. The monoisotopic (exact) mass is 404 g/mol. The molecule has 0 spiro atoms. The summed E-state index contributed by atoms with van der Waals surface area (Å²) in [6.07, 6.45) is 2.18. The van der Waals surface area contributed by atoms with Crippen molar-refractivity contribution in [1.29, 1.82) is 0 Å². The average Bonchev–Trinajstić information content (AvgIpc) is 2.40. The predicted molar refractivity (Wildman–Crippen MR) is 86.4 cm³/mol. The van der Waals surface area contributed by atoms with Crippen LogP contribution in [-0.2, 0) is 16.1 Å². The third-order valence-electron chi connectivity index (χ3n) is 2.76. The highest BCUT2D eigenvalue weighted by molar-refractivity contribution is 9.10. The normalized spacial score (nSPS) is 10.3. The highest BCUT2D eigenvalue weighted by Gasteiger charge is 2.15. The molecule has 0 atom stereocenters. The number of hydrogen-bond acceptors (Lipinski definition) is 2. The summed E-state index contributed by atoms with van der Waals surface area (Å²) in [7, 11) is 0. The zero-order chi connectivity index (χ0) is 15.0. The maximum atomic E-state index is 12.1. The highest BCUT2D eigenvalue weighted by Crippen LogP contribution is 2.13. The van der Waals surface area contributed by atoms with Crippen molar-refractivity contribution >= 4 is 43.7 Å². The lowest BCUT2D eigenvalue weighted by Crippen LogP contribution is -2.37. The number of rotatable bonds is 8. The standard InChI is InChI=1S/C14H18Br2N2O2/c15-8-2-1-3-14(20)18(10-13(17)19)9-11-4-6-12(16)7-5-11/h4-7H,1-3,8-10H2,(H2,17,19). The Morgan fingerprint density at radius 2 is 1.80 bits per heavy atom. The molecule has 110 valence electrons. The molecule has 0 bridgehead atoms. The molecule has 0 aliphatic rings. The Balaban J connectivity index is 2.65. The van der Waals surface area contributed by atoms with Gasteiger partial charge in [-0.05, 0) is 30.5 Å². The molecule has 0 saturated carbocycles. The fourth-order valence-electron chi connectivity index (χ4n) is 1.76. The maximum Gasteiger partial charge on any atom is 0.237 e. The zero-order valence-corrected chi connectivity index (χ0v) is 14.3. The lowest BCUT2D eigenvalue weighted by Gasteiger charge is -2.21. The minimum atomic E-state index is -0.490. The van der Waals surface area contributed by atoms with E-state index in [1.807, 2.05) is 24.3 Å². The van der Waals surface area contributed by atoms with Crippen LogP contribution in [0.1, 0.15) is 24.8 Å². The number of carbonyl (C=O) groups excluding carboxylic acids is 2. The summed E-state index contributed by atoms with van der Waals surface area (Å²) in [5, 5.41) is 0.878. The van der Waals surface area contributed by atoms with E-state index in [0.29, 0.717) is 13.0 Å². The van der Waals surface area contributed by atoms with Crippen LogP contribution in [0.25, 0.3) is 0 Å². The van der Waals surface area contributed by atoms with Gasteiger partial charge in [0.1, 0.15) is 0 Å². The largest absolute Gasteiger partial charge is 0.368 e. The van der Waals surface area contributed by atoms with Crippen LogP contribution in [0.5, 0.6) is 0 Å². The van der Waals surface area contributed by atoms with Gasteiger partial charge >= 0.3 is 0 Å². The molecule has 1 aromatic rings. The number of benzene rings is 1. The van der Waals surface area contributed by atoms with E-state index < -0.39 is 5.91 Å². The molecule has 0 aliphatic heterocycles. The van der Waals surface area contributed by atoms with Crippen LogP contribution in [0.15, 0.2) is 28.7 Å². The SMILES string of the molecule is NC(=O)CN(Cc1ccc(Br)cc1)C(=O)CCCCBr. The molecule has 20 heavy (non-hydrogen) atoms. The van der Waals surface area contributed by atoms with Crippen molar-refractivity contribution in [3.05, 3.63) is 34.3 Å². The molecule has 4 nitrogen and oxygen atoms in total. The Bertz CT molecular complexity index is 449. The lowest BCUT2D eigenvalue weighted by molar-refractivity contribution is -0.135. The van der Waals surface area contributed by atoms with Gasteiger partial charge in [-0.3, -0.25) is 9.59 Å². The Hall–Kier alpha value is -0.880. The zero-order valence-electron chi connectivity index (χ0n) is 11.1. The maximum absolute atomic E-state index is 12.1. The number of alkyl halides is 1. The van der Waals surface area contributed by atoms with Crippen molar-refractivity contribution in [2.45, 2.75) is 25.8 Å². The first-order valence-electron chi connectivity index (χ1n) is 6.39. The van der Waals surface area contributed by atoms with E-state index in [2.05, 4.69) is 31.9 Å². The van der Waals surface area contributed by atoms with Gasteiger partial charge in [0.15, 0.2) is 0 Å². The molecule has 6 heteroatoms. The number of nitrogens with two attached hydrogens (primary N) is 1. The van der Waals surface area contributed by atoms with Gasteiger partial charge in [-0.1, -0.05) is 44.0 Å². The van der Waals surface area contributed by atoms with E-state index in [-0.39, 0.29) is 12.5 Å². The number of hydrogen-bond donors (Lipinski definition) is 1. The van der Waals surface area contributed by atoms with Crippen LogP contribution in [0.2, 0.25) is 0 Å². The smallest absolute Gasteiger partial charge is 0.237 e. The summed E-state index contributed by atoms with van der Waals surface area (Å²) in [5.74, 6) is -0.524. The van der Waals surface area contributed by atoms with Crippen LogP contribution in [0.3, 0.4) is 0 Å². The third-order valence-corrected chi connectivity index (χ3v) is 3.85. The molecule has 1 rings (SSSR count). The van der Waals surface area contributed by atoms with Crippen LogP contribution in [0.4, 0.5) is 0 Å². The second-order valence-corrected chi connectivity index (χ2v) is 6.20. The molecule has 0 saturated heterocycles. The minimum absolute atomic E-state index is 0.0346. The average molecular weight is 406 g/mol. The second kappa shape index (κ2) is 9.13. The molecule has 2 N–H and O–H groups in total. The quantitative estimate of drug-likeness (QED) is 0.533. The molecular formula is C14H18Br2N2O2. The lowest BCUT2D eigenvalue weighted by atomic mass is 10.2. The number of unbranched alkanes of at least 4 members (excludes halogenated alkanes) is 1. The second-order valence-electron chi connectivity index (χ2n) is 4.49. The molecule has 0 unspecified atom stereocenters. The van der Waals surface area contributed by atoms with Gasteiger partial charge in [0, 0.05) is 22.8 Å². The summed E-state index contributed by atoms with van der Waals surface area (Å²) >= 11 is 6.70. The van der Waals surface area contributed by atoms with Gasteiger partial charge in [0.2, 0.25) is 11.8 Å². The Kier molecular flexibility index (Phi) is 7.84. The molecular weight excluding hydrogens is 388 g/mol. The summed E-state index contributed by atoms with van der Waals surface area (Å²) < 4.78 is 0.978. The van der Waals surface area contributed by atoms with Gasteiger partial charge in [-0.25, -0.2) is 0 Å². The van der Waals surface area contributed by atoms with Gasteiger partial charge in [-0.2, -0.15) is 0 Å². The summed E-state index contributed by atoms with van der Waals surface area (Å²) in [6, 6.07) is 7.66. The number of nitrogens with zero attached hydrogens (tertiary/aromatic N) is 1. The summed E-state index contributed by atoms with van der Waals surface area (Å²) in [5.41, 5.74) is 6.19. The van der Waals surface area contributed by atoms with Crippen molar-refractivity contribution in [3.63, 3.8) is 0 Å². The van der Waals surface area contributed by atoms with Crippen molar-refractivity contribution in [2.75, 3.05) is 11.9 Å². The molecule has 0 aromatic heterocycles. The minimum Gasteiger partial charge on any atom is -0.368 e. The molecule has 0 aliphatic carbocycles. The molecule has 0 radical (unpaired) electrons. The van der Waals surface area contributed by atoms with Gasteiger partial charge < -0.3 is 10.6 Å². The molecule has 0 heterocycles. The fraction of sp³-hybridized carbons (Fsp3) is 0.429. The topological polar surface area (TPSA) is 63.4 Å². The molecule has 0 fully saturated rings. The predicted octanol–water partition coefficient (Wildman–Crippen LogP) is 2.83. The van der Waals surface area contributed by atoms with Crippen LogP contribution in [-0.4, -0.2) is 28.6 Å². The van der Waals surface area contributed by atoms with Gasteiger partial charge in [0.25, 0.3) is 0 Å².